The van der Waals surface area contributed by atoms with Crippen molar-refractivity contribution in [3.05, 3.63) is 59.7 Å². The summed E-state index contributed by atoms with van der Waals surface area (Å²) in [5, 5.41) is 5.39. The summed E-state index contributed by atoms with van der Waals surface area (Å²) < 4.78 is 5.21. The van der Waals surface area contributed by atoms with Crippen LogP contribution in [0.4, 0.5) is 11.4 Å². The molecule has 0 fully saturated rings. The van der Waals surface area contributed by atoms with E-state index >= 15 is 0 Å². The molecule has 2 rings (SSSR count). The van der Waals surface area contributed by atoms with Crippen LogP contribution >= 0.6 is 0 Å². The number of benzene rings is 2. The van der Waals surface area contributed by atoms with E-state index in [-0.39, 0.29) is 18.2 Å². The highest BCUT2D eigenvalue weighted by Crippen LogP contribution is 2.13. The third kappa shape index (κ3) is 6.58. The average Bonchev–Trinajstić information content (AvgIpc) is 2.63. The Labute approximate surface area is 158 Å². The van der Waals surface area contributed by atoms with Crippen LogP contribution in [0.15, 0.2) is 48.5 Å². The lowest BCUT2D eigenvalue weighted by atomic mass is 10.1. The second-order valence-electron chi connectivity index (χ2n) is 6.23. The van der Waals surface area contributed by atoms with E-state index in [0.717, 1.165) is 12.0 Å². The van der Waals surface area contributed by atoms with Crippen molar-refractivity contribution in [3.63, 3.8) is 0 Å². The number of aryl methyl sites for hydroxylation is 1. The molecule has 0 saturated carbocycles. The van der Waals surface area contributed by atoms with Crippen molar-refractivity contribution in [3.8, 4) is 0 Å². The lowest BCUT2D eigenvalue weighted by molar-refractivity contribution is -0.152. The van der Waals surface area contributed by atoms with Gasteiger partial charge in [-0.05, 0) is 48.7 Å². The molecular formula is C21H24N2O4. The van der Waals surface area contributed by atoms with Gasteiger partial charge in [0.1, 0.15) is 0 Å². The molecule has 0 bridgehead atoms. The van der Waals surface area contributed by atoms with Crippen LogP contribution in [0.2, 0.25) is 0 Å². The van der Waals surface area contributed by atoms with Gasteiger partial charge < -0.3 is 15.4 Å². The number of esters is 1. The van der Waals surface area contributed by atoms with Gasteiger partial charge in [0.15, 0.2) is 6.10 Å². The van der Waals surface area contributed by atoms with Crippen molar-refractivity contribution in [2.24, 2.45) is 0 Å². The molecule has 0 aliphatic carbocycles. The summed E-state index contributed by atoms with van der Waals surface area (Å²) in [5.41, 5.74) is 3.23. The maximum atomic E-state index is 12.2. The minimum Gasteiger partial charge on any atom is -0.452 e. The fraction of sp³-hybridized carbons (Fsp3) is 0.286. The standard InChI is InChI=1S/C21H24N2O4/c1-4-16-5-9-19(10-6-16)23-21(26)14(2)27-20(25)13-17-7-11-18(12-8-17)22-15(3)24/h5-12,14H,4,13H2,1-3H3,(H,22,24)(H,23,26)/t14-/m1/s1. The molecule has 27 heavy (non-hydrogen) atoms. The number of amides is 2. The molecular weight excluding hydrogens is 344 g/mol. The van der Waals surface area contributed by atoms with E-state index in [9.17, 15) is 14.4 Å². The van der Waals surface area contributed by atoms with Crippen LogP contribution in [0.25, 0.3) is 0 Å². The van der Waals surface area contributed by atoms with Gasteiger partial charge in [0.25, 0.3) is 5.91 Å². The van der Waals surface area contributed by atoms with Gasteiger partial charge in [-0.15, -0.1) is 0 Å². The highest BCUT2D eigenvalue weighted by molar-refractivity contribution is 5.95. The SMILES string of the molecule is CCc1ccc(NC(=O)[C@@H](C)OC(=O)Cc2ccc(NC(C)=O)cc2)cc1. The minimum atomic E-state index is -0.901. The van der Waals surface area contributed by atoms with Gasteiger partial charge >= 0.3 is 5.97 Å². The van der Waals surface area contributed by atoms with Crippen molar-refractivity contribution in [1.29, 1.82) is 0 Å². The zero-order chi connectivity index (χ0) is 19.8. The third-order valence-electron chi connectivity index (χ3n) is 3.93. The van der Waals surface area contributed by atoms with Gasteiger partial charge in [-0.25, -0.2) is 0 Å². The summed E-state index contributed by atoms with van der Waals surface area (Å²) in [4.78, 5) is 35.2. The van der Waals surface area contributed by atoms with E-state index in [1.165, 1.54) is 19.4 Å². The zero-order valence-corrected chi connectivity index (χ0v) is 15.7. The Morgan fingerprint density at radius 2 is 1.41 bits per heavy atom. The molecule has 2 amide bonds. The van der Waals surface area contributed by atoms with E-state index < -0.39 is 12.1 Å². The Morgan fingerprint density at radius 1 is 0.889 bits per heavy atom. The van der Waals surface area contributed by atoms with Crippen molar-refractivity contribution in [2.75, 3.05) is 10.6 Å². The smallest absolute Gasteiger partial charge is 0.311 e. The normalized spacial score (nSPS) is 11.4. The summed E-state index contributed by atoms with van der Waals surface area (Å²) in [6, 6.07) is 14.4. The molecule has 0 heterocycles. The minimum absolute atomic E-state index is 0.0448. The Bertz CT molecular complexity index is 798. The van der Waals surface area contributed by atoms with E-state index in [4.69, 9.17) is 4.74 Å². The van der Waals surface area contributed by atoms with Crippen molar-refractivity contribution < 1.29 is 19.1 Å². The fourth-order valence-corrected chi connectivity index (χ4v) is 2.44. The number of ether oxygens (including phenoxy) is 1. The summed E-state index contributed by atoms with van der Waals surface area (Å²) in [5.74, 6) is -1.04. The highest BCUT2D eigenvalue weighted by atomic mass is 16.5. The Kier molecular flexibility index (Phi) is 7.11. The summed E-state index contributed by atoms with van der Waals surface area (Å²) in [6.07, 6.45) is 0.0685. The number of carbonyl (C=O) groups excluding carboxylic acids is 3. The molecule has 2 N–H and O–H groups in total. The molecule has 0 saturated heterocycles. The molecule has 0 unspecified atom stereocenters. The topological polar surface area (TPSA) is 84.5 Å². The quantitative estimate of drug-likeness (QED) is 0.734. The molecule has 0 aliphatic rings. The van der Waals surface area contributed by atoms with Crippen molar-refractivity contribution in [1.82, 2.24) is 0 Å². The van der Waals surface area contributed by atoms with Crippen LogP contribution in [-0.4, -0.2) is 23.9 Å². The first-order chi connectivity index (χ1) is 12.9. The summed E-state index contributed by atoms with van der Waals surface area (Å²) >= 11 is 0. The number of rotatable bonds is 7. The molecule has 2 aromatic carbocycles. The lowest BCUT2D eigenvalue weighted by Crippen LogP contribution is -2.30. The average molecular weight is 368 g/mol. The second kappa shape index (κ2) is 9.52. The Hall–Kier alpha value is -3.15. The maximum absolute atomic E-state index is 12.2. The van der Waals surface area contributed by atoms with E-state index in [1.54, 1.807) is 24.3 Å². The van der Waals surface area contributed by atoms with Crippen LogP contribution in [-0.2, 0) is 32.0 Å². The van der Waals surface area contributed by atoms with Gasteiger partial charge in [0.05, 0.1) is 6.42 Å². The molecule has 0 aliphatic heterocycles. The van der Waals surface area contributed by atoms with Gasteiger partial charge in [-0.2, -0.15) is 0 Å². The van der Waals surface area contributed by atoms with Gasteiger partial charge in [-0.3, -0.25) is 14.4 Å². The number of carbonyl (C=O) groups is 3. The van der Waals surface area contributed by atoms with Gasteiger partial charge in [0, 0.05) is 18.3 Å². The van der Waals surface area contributed by atoms with E-state index in [2.05, 4.69) is 17.6 Å². The largest absolute Gasteiger partial charge is 0.452 e. The van der Waals surface area contributed by atoms with Crippen molar-refractivity contribution in [2.45, 2.75) is 39.7 Å². The van der Waals surface area contributed by atoms with Crippen LogP contribution in [0, 0.1) is 0 Å². The first-order valence-electron chi connectivity index (χ1n) is 8.83. The highest BCUT2D eigenvalue weighted by Gasteiger charge is 2.18. The monoisotopic (exact) mass is 368 g/mol. The first kappa shape index (κ1) is 20.2. The van der Waals surface area contributed by atoms with Crippen molar-refractivity contribution >= 4 is 29.2 Å². The van der Waals surface area contributed by atoms with Crippen LogP contribution in [0.3, 0.4) is 0 Å². The lowest BCUT2D eigenvalue weighted by Gasteiger charge is -2.14. The second-order valence-corrected chi connectivity index (χ2v) is 6.23. The molecule has 2 aromatic rings. The predicted octanol–water partition coefficient (Wildman–Crippen LogP) is 3.32. The fourth-order valence-electron chi connectivity index (χ4n) is 2.44. The van der Waals surface area contributed by atoms with Crippen LogP contribution < -0.4 is 10.6 Å². The molecule has 0 spiro atoms. The number of hydrogen-bond acceptors (Lipinski definition) is 4. The molecule has 0 radical (unpaired) electrons. The maximum Gasteiger partial charge on any atom is 0.311 e. The van der Waals surface area contributed by atoms with E-state index in [0.29, 0.717) is 11.4 Å². The van der Waals surface area contributed by atoms with Crippen LogP contribution in [0.5, 0.6) is 0 Å². The molecule has 142 valence electrons. The summed E-state index contributed by atoms with van der Waals surface area (Å²) in [6.45, 7) is 5.02. The predicted molar refractivity (Wildman–Crippen MR) is 104 cm³/mol. The van der Waals surface area contributed by atoms with Gasteiger partial charge in [0.2, 0.25) is 5.91 Å². The molecule has 0 aromatic heterocycles. The number of anilines is 2. The zero-order valence-electron chi connectivity index (χ0n) is 15.7. The Morgan fingerprint density at radius 3 is 1.93 bits per heavy atom. The molecule has 6 nitrogen and oxygen atoms in total. The molecule has 1 atom stereocenters. The number of hydrogen-bond donors (Lipinski definition) is 2. The summed E-state index contributed by atoms with van der Waals surface area (Å²) in [7, 11) is 0. The third-order valence-corrected chi connectivity index (χ3v) is 3.93. The number of nitrogens with one attached hydrogen (secondary N) is 2. The Balaban J connectivity index is 1.84. The van der Waals surface area contributed by atoms with E-state index in [1.807, 2.05) is 24.3 Å². The molecule has 6 heteroatoms. The van der Waals surface area contributed by atoms with Gasteiger partial charge in [-0.1, -0.05) is 31.2 Å². The first-order valence-corrected chi connectivity index (χ1v) is 8.83. The van der Waals surface area contributed by atoms with Crippen LogP contribution in [0.1, 0.15) is 31.9 Å².